The van der Waals surface area contributed by atoms with E-state index in [9.17, 15) is 14.3 Å². The fourth-order valence-electron chi connectivity index (χ4n) is 3.64. The molecule has 1 N–H and O–H groups in total. The summed E-state index contributed by atoms with van der Waals surface area (Å²) in [5.74, 6) is 6.12. The van der Waals surface area contributed by atoms with Gasteiger partial charge in [-0.3, -0.25) is 9.88 Å². The van der Waals surface area contributed by atoms with Crippen LogP contribution in [0, 0.1) is 30.0 Å². The maximum atomic E-state index is 13.5. The second-order valence-corrected chi connectivity index (χ2v) is 8.43. The molecule has 1 atom stereocenters. The largest absolute Gasteiger partial charge is 0.489 e. The molecular formula is C23H25FN2O3. The Morgan fingerprint density at radius 2 is 1.97 bits per heavy atom. The third-order valence-corrected chi connectivity index (χ3v) is 5.48. The molecule has 152 valence electrons. The first-order chi connectivity index (χ1) is 13.6. The van der Waals surface area contributed by atoms with Crippen LogP contribution in [0.4, 0.5) is 9.18 Å². The van der Waals surface area contributed by atoms with Gasteiger partial charge < -0.3 is 9.84 Å². The van der Waals surface area contributed by atoms with Crippen LogP contribution in [-0.2, 0) is 0 Å². The molecule has 0 radical (unpaired) electrons. The van der Waals surface area contributed by atoms with Crippen molar-refractivity contribution in [3.63, 3.8) is 0 Å². The number of aromatic nitrogens is 1. The minimum absolute atomic E-state index is 0.241. The first kappa shape index (κ1) is 20.7. The van der Waals surface area contributed by atoms with E-state index >= 15 is 0 Å². The topological polar surface area (TPSA) is 62.7 Å². The fourth-order valence-corrected chi connectivity index (χ4v) is 3.64. The highest BCUT2D eigenvalue weighted by Gasteiger charge is 2.55. The maximum Gasteiger partial charge on any atom is 0.407 e. The Morgan fingerprint density at radius 1 is 1.24 bits per heavy atom. The van der Waals surface area contributed by atoms with Gasteiger partial charge >= 0.3 is 6.09 Å². The number of aryl methyl sites for hydroxylation is 1. The molecule has 6 heteroatoms. The monoisotopic (exact) mass is 396 g/mol. The first-order valence-electron chi connectivity index (χ1n) is 9.48. The number of nitrogens with zero attached hydrogens (tertiary/aromatic N) is 2. The average molecular weight is 396 g/mol. The number of ether oxygens (including phenoxy) is 1. The number of amides is 1. The van der Waals surface area contributed by atoms with Crippen LogP contribution in [0.15, 0.2) is 36.7 Å². The summed E-state index contributed by atoms with van der Waals surface area (Å²) in [6.07, 6.45) is 3.00. The van der Waals surface area contributed by atoms with Crippen LogP contribution in [0.1, 0.15) is 43.9 Å². The smallest absolute Gasteiger partial charge is 0.407 e. The van der Waals surface area contributed by atoms with E-state index in [0.29, 0.717) is 23.4 Å². The van der Waals surface area contributed by atoms with Crippen molar-refractivity contribution in [3.05, 3.63) is 59.2 Å². The summed E-state index contributed by atoms with van der Waals surface area (Å²) >= 11 is 0. The van der Waals surface area contributed by atoms with Crippen molar-refractivity contribution >= 4 is 6.09 Å². The number of hydrogen-bond donors (Lipinski definition) is 1. The summed E-state index contributed by atoms with van der Waals surface area (Å²) < 4.78 is 19.5. The number of likely N-dealkylation sites (tertiary alicyclic amines) is 1. The molecule has 0 bridgehead atoms. The highest BCUT2D eigenvalue weighted by Crippen LogP contribution is 2.45. The number of carbonyl (C=O) groups is 1. The quantitative estimate of drug-likeness (QED) is 0.778. The van der Waals surface area contributed by atoms with Crippen LogP contribution in [0.2, 0.25) is 0 Å². The van der Waals surface area contributed by atoms with Crippen LogP contribution in [0.5, 0.6) is 5.75 Å². The Bertz CT molecular complexity index is 967. The molecule has 1 saturated heterocycles. The van der Waals surface area contributed by atoms with Crippen LogP contribution < -0.4 is 4.74 Å². The molecule has 1 aromatic carbocycles. The first-order valence-corrected chi connectivity index (χ1v) is 9.48. The summed E-state index contributed by atoms with van der Waals surface area (Å²) in [6.45, 7) is 8.62. The maximum absolute atomic E-state index is 13.5. The molecule has 1 fully saturated rings. The van der Waals surface area contributed by atoms with Crippen molar-refractivity contribution in [1.29, 1.82) is 0 Å². The molecule has 0 spiro atoms. The summed E-state index contributed by atoms with van der Waals surface area (Å²) in [4.78, 5) is 17.2. The van der Waals surface area contributed by atoms with E-state index in [4.69, 9.17) is 4.74 Å². The third-order valence-electron chi connectivity index (χ3n) is 5.48. The zero-order chi connectivity index (χ0) is 21.2. The Kier molecular flexibility index (Phi) is 5.52. The molecule has 1 aliphatic rings. The van der Waals surface area contributed by atoms with E-state index in [0.717, 1.165) is 12.0 Å². The zero-order valence-corrected chi connectivity index (χ0v) is 17.1. The van der Waals surface area contributed by atoms with Crippen LogP contribution in [0.25, 0.3) is 0 Å². The van der Waals surface area contributed by atoms with Gasteiger partial charge in [-0.05, 0) is 48.6 Å². The average Bonchev–Trinajstić information content (AvgIpc) is 2.57. The number of halogens is 1. The summed E-state index contributed by atoms with van der Waals surface area (Å²) in [5, 5.41) is 9.50. The molecule has 1 aliphatic heterocycles. The predicted octanol–water partition coefficient (Wildman–Crippen LogP) is 4.48. The molecule has 0 aliphatic carbocycles. The van der Waals surface area contributed by atoms with Crippen molar-refractivity contribution < 1.29 is 19.0 Å². The Labute approximate surface area is 170 Å². The third kappa shape index (κ3) is 4.34. The van der Waals surface area contributed by atoms with Crippen molar-refractivity contribution in [3.8, 4) is 17.6 Å². The lowest BCUT2D eigenvalue weighted by Crippen LogP contribution is -2.70. The van der Waals surface area contributed by atoms with Crippen LogP contribution >= 0.6 is 0 Å². The van der Waals surface area contributed by atoms with E-state index in [-0.39, 0.29) is 17.8 Å². The number of hydrogen-bond acceptors (Lipinski definition) is 3. The molecule has 29 heavy (non-hydrogen) atoms. The van der Waals surface area contributed by atoms with E-state index in [1.807, 2.05) is 33.8 Å². The van der Waals surface area contributed by atoms with Crippen LogP contribution in [-0.4, -0.2) is 39.8 Å². The number of rotatable bonds is 3. The summed E-state index contributed by atoms with van der Waals surface area (Å²) in [6, 6.07) is 6.41. The van der Waals surface area contributed by atoms with Gasteiger partial charge in [0.1, 0.15) is 18.2 Å². The molecule has 3 rings (SSSR count). The van der Waals surface area contributed by atoms with Gasteiger partial charge in [-0.2, -0.15) is 0 Å². The molecule has 1 unspecified atom stereocenters. The lowest BCUT2D eigenvalue weighted by atomic mass is 9.66. The number of carboxylic acid groups (broad SMARTS) is 1. The van der Waals surface area contributed by atoms with Gasteiger partial charge in [0, 0.05) is 23.9 Å². The molecule has 0 saturated carbocycles. The fraction of sp³-hybridized carbons (Fsp3) is 0.391. The van der Waals surface area contributed by atoms with Crippen molar-refractivity contribution in [2.75, 3.05) is 13.2 Å². The lowest BCUT2D eigenvalue weighted by molar-refractivity contribution is -0.0962. The standard InChI is InChI=1S/C23H25FN2O3/c1-16-9-17(11-19(24)10-16)5-6-18-12-20(14-25-13-18)29-15-23(22(2,3)4)7-8-26(23)21(27)28/h9-14H,7-8,15H2,1-4H3,(H,27,28). The van der Waals surface area contributed by atoms with Gasteiger partial charge in [0.05, 0.1) is 11.7 Å². The van der Waals surface area contributed by atoms with Crippen LogP contribution in [0.3, 0.4) is 0 Å². The van der Waals surface area contributed by atoms with Crippen molar-refractivity contribution in [2.24, 2.45) is 5.41 Å². The SMILES string of the molecule is Cc1cc(F)cc(C#Cc2cncc(OCC3(C(C)(C)C)CCN3C(=O)O)c2)c1. The van der Waals surface area contributed by atoms with E-state index in [1.165, 1.54) is 17.0 Å². The van der Waals surface area contributed by atoms with Gasteiger partial charge in [-0.25, -0.2) is 9.18 Å². The number of pyridine rings is 1. The molecule has 1 aromatic heterocycles. The predicted molar refractivity (Wildman–Crippen MR) is 108 cm³/mol. The van der Waals surface area contributed by atoms with Gasteiger partial charge in [0.2, 0.25) is 0 Å². The normalized spacial score (nSPS) is 18.4. The van der Waals surface area contributed by atoms with Crippen molar-refractivity contribution in [1.82, 2.24) is 9.88 Å². The van der Waals surface area contributed by atoms with E-state index in [2.05, 4.69) is 16.8 Å². The van der Waals surface area contributed by atoms with Gasteiger partial charge in [0.15, 0.2) is 0 Å². The number of benzene rings is 1. The van der Waals surface area contributed by atoms with Gasteiger partial charge in [-0.1, -0.05) is 32.6 Å². The van der Waals surface area contributed by atoms with E-state index in [1.54, 1.807) is 18.5 Å². The molecule has 2 aromatic rings. The second kappa shape index (κ2) is 7.75. The summed E-state index contributed by atoms with van der Waals surface area (Å²) in [7, 11) is 0. The summed E-state index contributed by atoms with van der Waals surface area (Å²) in [5.41, 5.74) is 1.18. The molecule has 5 nitrogen and oxygen atoms in total. The zero-order valence-electron chi connectivity index (χ0n) is 17.1. The van der Waals surface area contributed by atoms with E-state index < -0.39 is 11.6 Å². The van der Waals surface area contributed by atoms with Gasteiger partial charge in [0.25, 0.3) is 0 Å². The molecular weight excluding hydrogens is 371 g/mol. The Balaban J connectivity index is 1.77. The Hall–Kier alpha value is -3.07. The minimum Gasteiger partial charge on any atom is -0.489 e. The molecule has 1 amide bonds. The highest BCUT2D eigenvalue weighted by molar-refractivity contribution is 5.68. The lowest BCUT2D eigenvalue weighted by Gasteiger charge is -2.57. The van der Waals surface area contributed by atoms with Crippen molar-refractivity contribution in [2.45, 2.75) is 39.7 Å². The van der Waals surface area contributed by atoms with Gasteiger partial charge in [-0.15, -0.1) is 0 Å². The Morgan fingerprint density at radius 3 is 2.55 bits per heavy atom. The minimum atomic E-state index is -0.932. The molecule has 2 heterocycles. The highest BCUT2D eigenvalue weighted by atomic mass is 19.1. The second-order valence-electron chi connectivity index (χ2n) is 8.43.